The molecule has 3 atom stereocenters. The highest BCUT2D eigenvalue weighted by molar-refractivity contribution is 6.11. The minimum atomic E-state index is -0.611. The van der Waals surface area contributed by atoms with E-state index >= 15 is 0 Å². The molecule has 7 nitrogen and oxygen atoms in total. The Labute approximate surface area is 198 Å². The molecule has 1 saturated carbocycles. The smallest absolute Gasteiger partial charge is 0.290 e. The maximum atomic E-state index is 13.7. The van der Waals surface area contributed by atoms with Crippen LogP contribution in [0.1, 0.15) is 49.8 Å². The molecule has 3 aliphatic rings. The van der Waals surface area contributed by atoms with E-state index in [1.807, 2.05) is 31.2 Å². The fourth-order valence-electron chi connectivity index (χ4n) is 5.30. The molecule has 0 radical (unpaired) electrons. The van der Waals surface area contributed by atoms with Crippen molar-refractivity contribution in [1.29, 1.82) is 0 Å². The quantitative estimate of drug-likeness (QED) is 0.688. The molecule has 2 aromatic carbocycles. The van der Waals surface area contributed by atoms with Gasteiger partial charge in [-0.2, -0.15) is 0 Å². The first-order valence-corrected chi connectivity index (χ1v) is 11.9. The minimum Gasteiger partial charge on any atom is -0.504 e. The summed E-state index contributed by atoms with van der Waals surface area (Å²) < 4.78 is 17.1. The van der Waals surface area contributed by atoms with E-state index < -0.39 is 6.04 Å². The van der Waals surface area contributed by atoms with Crippen molar-refractivity contribution in [3.8, 4) is 17.2 Å². The van der Waals surface area contributed by atoms with Crippen LogP contribution >= 0.6 is 0 Å². The van der Waals surface area contributed by atoms with Crippen molar-refractivity contribution in [1.82, 2.24) is 4.90 Å². The first-order chi connectivity index (χ1) is 16.5. The van der Waals surface area contributed by atoms with E-state index in [-0.39, 0.29) is 35.2 Å². The Hall–Kier alpha value is -3.48. The number of carbonyl (C=O) groups is 2. The zero-order valence-corrected chi connectivity index (χ0v) is 19.5. The lowest BCUT2D eigenvalue weighted by atomic mass is 9.77. The molecule has 2 aliphatic heterocycles. The van der Waals surface area contributed by atoms with E-state index in [0.717, 1.165) is 37.0 Å². The first-order valence-electron chi connectivity index (χ1n) is 11.9. The molecule has 0 aromatic heterocycles. The SMILES string of the molecule is CCOc1cc(C2C3=C(OC4CCCCC4C3=O)C(=O)N2Cc2ccc(OC)cc2)ccc1O. The molecule has 3 unspecified atom stereocenters. The standard InChI is InChI=1S/C27H29NO6/c1-3-33-22-14-17(10-13-20(22)29)24-23-25(30)19-6-4-5-7-21(19)34-26(23)27(31)28(24)15-16-8-11-18(32-2)12-9-16/h8-14,19,21,24,29H,3-7,15H2,1-2H3. The van der Waals surface area contributed by atoms with Crippen LogP contribution in [0.3, 0.4) is 0 Å². The van der Waals surface area contributed by atoms with Crippen LogP contribution in [-0.4, -0.2) is 41.5 Å². The van der Waals surface area contributed by atoms with Crippen LogP contribution < -0.4 is 9.47 Å². The van der Waals surface area contributed by atoms with Crippen LogP contribution in [0.2, 0.25) is 0 Å². The summed E-state index contributed by atoms with van der Waals surface area (Å²) in [4.78, 5) is 29.0. The van der Waals surface area contributed by atoms with E-state index in [1.54, 1.807) is 30.2 Å². The topological polar surface area (TPSA) is 85.3 Å². The molecule has 0 saturated heterocycles. The number of fused-ring (bicyclic) bond motifs is 1. The fourth-order valence-corrected chi connectivity index (χ4v) is 5.30. The van der Waals surface area contributed by atoms with E-state index in [2.05, 4.69) is 0 Å². The summed E-state index contributed by atoms with van der Waals surface area (Å²) in [6.45, 7) is 2.52. The minimum absolute atomic E-state index is 0.00701. The highest BCUT2D eigenvalue weighted by atomic mass is 16.5. The number of aromatic hydroxyl groups is 1. The van der Waals surface area contributed by atoms with Gasteiger partial charge in [0.1, 0.15) is 11.9 Å². The number of ether oxygens (including phenoxy) is 3. The Kier molecular flexibility index (Phi) is 5.94. The molecule has 0 bridgehead atoms. The molecule has 1 N–H and O–H groups in total. The predicted molar refractivity (Wildman–Crippen MR) is 124 cm³/mol. The highest BCUT2D eigenvalue weighted by Gasteiger charge is 2.52. The third kappa shape index (κ3) is 3.79. The van der Waals surface area contributed by atoms with Gasteiger partial charge in [0, 0.05) is 6.54 Å². The number of rotatable bonds is 6. The second-order valence-electron chi connectivity index (χ2n) is 9.00. The summed E-state index contributed by atoms with van der Waals surface area (Å²) in [5, 5.41) is 10.2. The van der Waals surface area contributed by atoms with Gasteiger partial charge in [0.05, 0.1) is 31.2 Å². The maximum absolute atomic E-state index is 13.7. The normalized spacial score (nSPS) is 23.9. The molecule has 0 spiro atoms. The molecule has 178 valence electrons. The molecule has 1 fully saturated rings. The average molecular weight is 464 g/mol. The van der Waals surface area contributed by atoms with Crippen molar-refractivity contribution in [3.63, 3.8) is 0 Å². The van der Waals surface area contributed by atoms with Crippen molar-refractivity contribution in [2.45, 2.75) is 51.3 Å². The summed E-state index contributed by atoms with van der Waals surface area (Å²) >= 11 is 0. The molecule has 34 heavy (non-hydrogen) atoms. The summed E-state index contributed by atoms with van der Waals surface area (Å²) in [5.41, 5.74) is 2.04. The lowest BCUT2D eigenvalue weighted by Gasteiger charge is -2.35. The Morgan fingerprint density at radius 1 is 1.09 bits per heavy atom. The van der Waals surface area contributed by atoms with Gasteiger partial charge in [0.2, 0.25) is 0 Å². The van der Waals surface area contributed by atoms with Gasteiger partial charge in [-0.1, -0.05) is 24.6 Å². The number of phenolic OH excluding ortho intramolecular Hbond substituents is 1. The van der Waals surface area contributed by atoms with Crippen molar-refractivity contribution < 1.29 is 28.9 Å². The monoisotopic (exact) mass is 463 g/mol. The molecular weight excluding hydrogens is 434 g/mol. The van der Waals surface area contributed by atoms with Crippen LogP contribution in [0.25, 0.3) is 0 Å². The van der Waals surface area contributed by atoms with Crippen LogP contribution in [0.15, 0.2) is 53.8 Å². The number of Topliss-reactive ketones (excluding diaryl/α,β-unsaturated/α-hetero) is 1. The number of ketones is 1. The summed E-state index contributed by atoms with van der Waals surface area (Å²) in [6.07, 6.45) is 3.32. The van der Waals surface area contributed by atoms with Crippen LogP contribution in [0.4, 0.5) is 0 Å². The number of amides is 1. The Balaban J connectivity index is 1.57. The van der Waals surface area contributed by atoms with Gasteiger partial charge < -0.3 is 24.2 Å². The molecule has 1 amide bonds. The summed E-state index contributed by atoms with van der Waals surface area (Å²) in [5.74, 6) is 0.764. The predicted octanol–water partition coefficient (Wildman–Crippen LogP) is 4.30. The van der Waals surface area contributed by atoms with Crippen molar-refractivity contribution >= 4 is 11.7 Å². The summed E-state index contributed by atoms with van der Waals surface area (Å²) in [6, 6.07) is 11.9. The molecular formula is C27H29NO6. The number of hydrogen-bond donors (Lipinski definition) is 1. The van der Waals surface area contributed by atoms with Gasteiger partial charge in [-0.05, 0) is 61.6 Å². The van der Waals surface area contributed by atoms with Gasteiger partial charge in [-0.25, -0.2) is 0 Å². The molecule has 2 heterocycles. The Bertz CT molecular complexity index is 1140. The van der Waals surface area contributed by atoms with E-state index in [0.29, 0.717) is 30.0 Å². The second kappa shape index (κ2) is 9.05. The van der Waals surface area contributed by atoms with Crippen molar-refractivity contribution in [2.24, 2.45) is 5.92 Å². The van der Waals surface area contributed by atoms with Crippen molar-refractivity contribution in [3.05, 3.63) is 64.9 Å². The second-order valence-corrected chi connectivity index (χ2v) is 9.00. The summed E-state index contributed by atoms with van der Waals surface area (Å²) in [7, 11) is 1.61. The number of methoxy groups -OCH3 is 1. The van der Waals surface area contributed by atoms with Gasteiger partial charge in [0.15, 0.2) is 23.0 Å². The number of carbonyl (C=O) groups excluding carboxylic acids is 2. The molecule has 2 aromatic rings. The number of hydrogen-bond acceptors (Lipinski definition) is 6. The van der Waals surface area contributed by atoms with Crippen LogP contribution in [0.5, 0.6) is 17.2 Å². The van der Waals surface area contributed by atoms with Gasteiger partial charge >= 0.3 is 0 Å². The molecule has 7 heteroatoms. The first kappa shape index (κ1) is 22.3. The number of benzene rings is 2. The van der Waals surface area contributed by atoms with E-state index in [4.69, 9.17) is 14.2 Å². The number of phenols is 1. The maximum Gasteiger partial charge on any atom is 0.290 e. The van der Waals surface area contributed by atoms with Gasteiger partial charge in [0.25, 0.3) is 5.91 Å². The third-order valence-electron chi connectivity index (χ3n) is 6.97. The van der Waals surface area contributed by atoms with Gasteiger partial charge in [-0.3, -0.25) is 9.59 Å². The van der Waals surface area contributed by atoms with Crippen LogP contribution in [-0.2, 0) is 20.9 Å². The molecule has 5 rings (SSSR count). The highest BCUT2D eigenvalue weighted by Crippen LogP contribution is 2.48. The Morgan fingerprint density at radius 2 is 1.85 bits per heavy atom. The lowest BCUT2D eigenvalue weighted by Crippen LogP contribution is -2.39. The fraction of sp³-hybridized carbons (Fsp3) is 0.407. The molecule has 1 aliphatic carbocycles. The largest absolute Gasteiger partial charge is 0.504 e. The average Bonchev–Trinajstić information content (AvgIpc) is 3.13. The number of nitrogens with zero attached hydrogens (tertiary/aromatic N) is 1. The van der Waals surface area contributed by atoms with E-state index in [9.17, 15) is 14.7 Å². The zero-order valence-electron chi connectivity index (χ0n) is 19.5. The third-order valence-corrected chi connectivity index (χ3v) is 6.97. The Morgan fingerprint density at radius 3 is 2.59 bits per heavy atom. The lowest BCUT2D eigenvalue weighted by molar-refractivity contribution is -0.135. The zero-order chi connectivity index (χ0) is 23.8. The van der Waals surface area contributed by atoms with Crippen molar-refractivity contribution in [2.75, 3.05) is 13.7 Å². The van der Waals surface area contributed by atoms with Crippen LogP contribution in [0, 0.1) is 5.92 Å². The van der Waals surface area contributed by atoms with E-state index in [1.165, 1.54) is 0 Å². The van der Waals surface area contributed by atoms with Gasteiger partial charge in [-0.15, -0.1) is 0 Å².